The van der Waals surface area contributed by atoms with Crippen molar-refractivity contribution in [3.05, 3.63) is 22.7 Å². The van der Waals surface area contributed by atoms with Gasteiger partial charge in [-0.3, -0.25) is 0 Å². The van der Waals surface area contributed by atoms with Crippen molar-refractivity contribution < 1.29 is 9.47 Å². The van der Waals surface area contributed by atoms with Crippen LogP contribution in [-0.4, -0.2) is 19.8 Å². The Hall–Kier alpha value is -0.740. The number of ether oxygens (including phenoxy) is 2. The van der Waals surface area contributed by atoms with Gasteiger partial charge in [0, 0.05) is 6.61 Å². The molecule has 0 heterocycles. The summed E-state index contributed by atoms with van der Waals surface area (Å²) in [7, 11) is 0. The predicted octanol–water partition coefficient (Wildman–Crippen LogP) is 3.47. The molecule has 0 aliphatic heterocycles. The number of hydrogen-bond donors (Lipinski definition) is 1. The Morgan fingerprint density at radius 3 is 2.65 bits per heavy atom. The third kappa shape index (κ3) is 5.41. The fraction of sp³-hybridized carbons (Fsp3) is 0.538. The Kier molecular flexibility index (Phi) is 6.37. The summed E-state index contributed by atoms with van der Waals surface area (Å²) in [5.41, 5.74) is 6.45. The summed E-state index contributed by atoms with van der Waals surface area (Å²) in [4.78, 5) is 0. The van der Waals surface area contributed by atoms with E-state index in [1.54, 1.807) is 0 Å². The maximum absolute atomic E-state index is 5.81. The van der Waals surface area contributed by atoms with Gasteiger partial charge in [0.2, 0.25) is 0 Å². The van der Waals surface area contributed by atoms with Crippen LogP contribution < -0.4 is 10.5 Å². The highest BCUT2D eigenvalue weighted by Crippen LogP contribution is 2.30. The second kappa shape index (κ2) is 7.56. The summed E-state index contributed by atoms with van der Waals surface area (Å²) in [6.45, 7) is 6.26. The van der Waals surface area contributed by atoms with Crippen LogP contribution >= 0.6 is 15.9 Å². The highest BCUT2D eigenvalue weighted by Gasteiger charge is 2.04. The molecule has 96 valence electrons. The van der Waals surface area contributed by atoms with Crippen molar-refractivity contribution in [3.63, 3.8) is 0 Å². The highest BCUT2D eigenvalue weighted by atomic mass is 79.9. The third-order valence-corrected chi connectivity index (χ3v) is 2.94. The number of benzene rings is 1. The van der Waals surface area contributed by atoms with Gasteiger partial charge < -0.3 is 15.2 Å². The molecular formula is C13H20BrNO2. The van der Waals surface area contributed by atoms with Gasteiger partial charge in [-0.15, -0.1) is 0 Å². The molecule has 0 aromatic heterocycles. The lowest BCUT2D eigenvalue weighted by molar-refractivity contribution is 0.0926. The van der Waals surface area contributed by atoms with E-state index in [1.165, 1.54) is 0 Å². The normalized spacial score (nSPS) is 10.8. The average molecular weight is 302 g/mol. The van der Waals surface area contributed by atoms with E-state index in [0.717, 1.165) is 17.5 Å². The lowest BCUT2D eigenvalue weighted by Gasteiger charge is -2.11. The minimum absolute atomic E-state index is 0.519. The summed E-state index contributed by atoms with van der Waals surface area (Å²) < 4.78 is 11.9. The lowest BCUT2D eigenvalue weighted by Crippen LogP contribution is -2.09. The largest absolute Gasteiger partial charge is 0.488 e. The second-order valence-electron chi connectivity index (χ2n) is 4.30. The molecule has 3 nitrogen and oxygen atoms in total. The van der Waals surface area contributed by atoms with Gasteiger partial charge >= 0.3 is 0 Å². The molecule has 0 radical (unpaired) electrons. The van der Waals surface area contributed by atoms with E-state index in [-0.39, 0.29) is 0 Å². The molecule has 0 saturated carbocycles. The first kappa shape index (κ1) is 14.3. The molecule has 0 atom stereocenters. The Labute approximate surface area is 111 Å². The standard InChI is InChI=1S/C13H20BrNO2/c1-10(2)6-7-16-8-9-17-13-11(14)4-3-5-12(13)15/h3-5,10H,6-9,15H2,1-2H3. The zero-order valence-corrected chi connectivity index (χ0v) is 12.0. The summed E-state index contributed by atoms with van der Waals surface area (Å²) in [6, 6.07) is 5.61. The molecule has 1 rings (SSSR count). The smallest absolute Gasteiger partial charge is 0.156 e. The van der Waals surface area contributed by atoms with Gasteiger partial charge in [-0.25, -0.2) is 0 Å². The van der Waals surface area contributed by atoms with Crippen molar-refractivity contribution in [2.24, 2.45) is 5.92 Å². The van der Waals surface area contributed by atoms with Crippen LogP contribution in [0.1, 0.15) is 20.3 Å². The molecule has 0 bridgehead atoms. The van der Waals surface area contributed by atoms with Crippen LogP contribution in [0.4, 0.5) is 5.69 Å². The maximum Gasteiger partial charge on any atom is 0.156 e. The van der Waals surface area contributed by atoms with Gasteiger partial charge in [-0.1, -0.05) is 19.9 Å². The molecule has 0 amide bonds. The zero-order chi connectivity index (χ0) is 12.7. The Morgan fingerprint density at radius 1 is 1.24 bits per heavy atom. The van der Waals surface area contributed by atoms with Gasteiger partial charge in [-0.05, 0) is 40.4 Å². The van der Waals surface area contributed by atoms with Crippen molar-refractivity contribution >= 4 is 21.6 Å². The van der Waals surface area contributed by atoms with Crippen molar-refractivity contribution in [2.75, 3.05) is 25.6 Å². The number of para-hydroxylation sites is 1. The number of anilines is 1. The van der Waals surface area contributed by atoms with Gasteiger partial charge in [0.25, 0.3) is 0 Å². The first-order valence-electron chi connectivity index (χ1n) is 5.85. The third-order valence-electron chi connectivity index (χ3n) is 2.31. The summed E-state index contributed by atoms with van der Waals surface area (Å²) in [6.07, 6.45) is 1.08. The molecular weight excluding hydrogens is 282 g/mol. The van der Waals surface area contributed by atoms with Crippen LogP contribution in [-0.2, 0) is 4.74 Å². The van der Waals surface area contributed by atoms with E-state index in [1.807, 2.05) is 18.2 Å². The molecule has 1 aromatic rings. The zero-order valence-electron chi connectivity index (χ0n) is 10.4. The molecule has 0 saturated heterocycles. The fourth-order valence-corrected chi connectivity index (χ4v) is 1.80. The highest BCUT2D eigenvalue weighted by molar-refractivity contribution is 9.10. The number of nitrogen functional groups attached to an aromatic ring is 1. The van der Waals surface area contributed by atoms with Gasteiger partial charge in [-0.2, -0.15) is 0 Å². The maximum atomic E-state index is 5.81. The molecule has 0 spiro atoms. The van der Waals surface area contributed by atoms with Crippen molar-refractivity contribution in [1.29, 1.82) is 0 Å². The van der Waals surface area contributed by atoms with Crippen molar-refractivity contribution in [2.45, 2.75) is 20.3 Å². The van der Waals surface area contributed by atoms with E-state index >= 15 is 0 Å². The molecule has 2 N–H and O–H groups in total. The summed E-state index contributed by atoms with van der Waals surface area (Å²) in [5.74, 6) is 1.37. The lowest BCUT2D eigenvalue weighted by atomic mass is 10.1. The first-order valence-corrected chi connectivity index (χ1v) is 6.65. The minimum atomic E-state index is 0.519. The summed E-state index contributed by atoms with van der Waals surface area (Å²) in [5, 5.41) is 0. The van der Waals surface area contributed by atoms with Crippen LogP contribution in [0, 0.1) is 5.92 Å². The van der Waals surface area contributed by atoms with Gasteiger partial charge in [0.1, 0.15) is 6.61 Å². The average Bonchev–Trinajstić information content (AvgIpc) is 2.26. The molecule has 1 aromatic carbocycles. The van der Waals surface area contributed by atoms with E-state index in [9.17, 15) is 0 Å². The predicted molar refractivity (Wildman–Crippen MR) is 74.3 cm³/mol. The van der Waals surface area contributed by atoms with Crippen LogP contribution in [0.2, 0.25) is 0 Å². The van der Waals surface area contributed by atoms with Crippen LogP contribution in [0.25, 0.3) is 0 Å². The van der Waals surface area contributed by atoms with Gasteiger partial charge in [0.15, 0.2) is 5.75 Å². The Morgan fingerprint density at radius 2 is 2.00 bits per heavy atom. The number of hydrogen-bond acceptors (Lipinski definition) is 3. The molecule has 0 aliphatic rings. The topological polar surface area (TPSA) is 44.5 Å². The van der Waals surface area contributed by atoms with Crippen molar-refractivity contribution in [3.8, 4) is 5.75 Å². The monoisotopic (exact) mass is 301 g/mol. The van der Waals surface area contributed by atoms with Crippen LogP contribution in [0.15, 0.2) is 22.7 Å². The molecule has 0 unspecified atom stereocenters. The minimum Gasteiger partial charge on any atom is -0.488 e. The Bertz CT molecular complexity index is 322. The fourth-order valence-electron chi connectivity index (χ4n) is 1.30. The van der Waals surface area contributed by atoms with Crippen LogP contribution in [0.5, 0.6) is 5.75 Å². The molecule has 0 fully saturated rings. The SMILES string of the molecule is CC(C)CCOCCOc1c(N)cccc1Br. The number of nitrogens with two attached hydrogens (primary N) is 1. The second-order valence-corrected chi connectivity index (χ2v) is 5.16. The van der Waals surface area contributed by atoms with E-state index in [4.69, 9.17) is 15.2 Å². The van der Waals surface area contributed by atoms with E-state index < -0.39 is 0 Å². The van der Waals surface area contributed by atoms with E-state index in [2.05, 4.69) is 29.8 Å². The van der Waals surface area contributed by atoms with Gasteiger partial charge in [0.05, 0.1) is 16.8 Å². The van der Waals surface area contributed by atoms with Crippen molar-refractivity contribution in [1.82, 2.24) is 0 Å². The Balaban J connectivity index is 2.22. The molecule has 0 aliphatic carbocycles. The molecule has 17 heavy (non-hydrogen) atoms. The number of halogens is 1. The summed E-state index contributed by atoms with van der Waals surface area (Å²) >= 11 is 3.40. The molecule has 4 heteroatoms. The van der Waals surface area contributed by atoms with E-state index in [0.29, 0.717) is 30.6 Å². The van der Waals surface area contributed by atoms with Crippen LogP contribution in [0.3, 0.4) is 0 Å². The quantitative estimate of drug-likeness (QED) is 0.619. The number of rotatable bonds is 7. The first-order chi connectivity index (χ1) is 8.11.